The first-order valence-electron chi connectivity index (χ1n) is 6.34. The topological polar surface area (TPSA) is 70.6 Å². The number of aliphatic imine (C=N–C) groups is 1. The zero-order valence-electron chi connectivity index (χ0n) is 11.5. The number of hydrogen-bond acceptors (Lipinski definition) is 4. The third-order valence-electron chi connectivity index (χ3n) is 2.89. The molecule has 0 saturated carbocycles. The van der Waals surface area contributed by atoms with E-state index in [1.807, 2.05) is 11.8 Å². The van der Waals surface area contributed by atoms with Gasteiger partial charge in [-0.25, -0.2) is 8.42 Å². The molecule has 0 spiro atoms. The fourth-order valence-corrected chi connectivity index (χ4v) is 3.61. The van der Waals surface area contributed by atoms with E-state index in [1.54, 1.807) is 14.0 Å². The molecule has 1 fully saturated rings. The maximum absolute atomic E-state index is 11.3. The Bertz CT molecular complexity index is 368. The van der Waals surface area contributed by atoms with E-state index in [0.717, 1.165) is 6.54 Å². The van der Waals surface area contributed by atoms with Crippen LogP contribution in [0, 0.1) is 0 Å². The van der Waals surface area contributed by atoms with Crippen molar-refractivity contribution in [3.8, 4) is 0 Å². The van der Waals surface area contributed by atoms with Gasteiger partial charge in [-0.3, -0.25) is 4.99 Å². The Morgan fingerprint density at radius 2 is 2.16 bits per heavy atom. The van der Waals surface area contributed by atoms with E-state index in [4.69, 9.17) is 0 Å². The predicted molar refractivity (Wildman–Crippen MR) is 94.6 cm³/mol. The lowest BCUT2D eigenvalue weighted by Gasteiger charge is -2.14. The van der Waals surface area contributed by atoms with Gasteiger partial charge in [-0.05, 0) is 18.6 Å². The molecule has 0 amide bonds. The molecule has 1 heterocycles. The minimum Gasteiger partial charge on any atom is -0.355 e. The summed E-state index contributed by atoms with van der Waals surface area (Å²) in [5.41, 5.74) is 0. The highest BCUT2D eigenvalue weighted by Crippen LogP contribution is 2.25. The Morgan fingerprint density at radius 3 is 2.68 bits per heavy atom. The molecular formula is C11H24IN3O2S2. The second-order valence-electron chi connectivity index (χ2n) is 4.25. The van der Waals surface area contributed by atoms with Gasteiger partial charge < -0.3 is 10.6 Å². The minimum absolute atomic E-state index is 0. The van der Waals surface area contributed by atoms with Crippen LogP contribution in [0.15, 0.2) is 4.99 Å². The second kappa shape index (κ2) is 10.1. The van der Waals surface area contributed by atoms with E-state index in [1.165, 1.54) is 18.6 Å². The largest absolute Gasteiger partial charge is 0.355 e. The maximum Gasteiger partial charge on any atom is 0.191 e. The molecular weight excluding hydrogens is 397 g/mol. The summed E-state index contributed by atoms with van der Waals surface area (Å²) >= 11 is 1.99. The lowest BCUT2D eigenvalue weighted by atomic mass is 10.2. The summed E-state index contributed by atoms with van der Waals surface area (Å²) in [5, 5.41) is 6.93. The summed E-state index contributed by atoms with van der Waals surface area (Å²) in [4.78, 5) is 4.08. The molecule has 1 saturated heterocycles. The number of sulfone groups is 1. The zero-order chi connectivity index (χ0) is 13.4. The lowest BCUT2D eigenvalue weighted by Crippen LogP contribution is -2.42. The average Bonchev–Trinajstić information content (AvgIpc) is 2.86. The van der Waals surface area contributed by atoms with Gasteiger partial charge in [-0.2, -0.15) is 11.8 Å². The summed E-state index contributed by atoms with van der Waals surface area (Å²) in [6.45, 7) is 2.97. The number of thioether (sulfide) groups is 1. The van der Waals surface area contributed by atoms with Crippen LogP contribution in [0.2, 0.25) is 0 Å². The van der Waals surface area contributed by atoms with Gasteiger partial charge in [0, 0.05) is 31.1 Å². The van der Waals surface area contributed by atoms with E-state index in [-0.39, 0.29) is 35.5 Å². The third kappa shape index (κ3) is 8.23. The van der Waals surface area contributed by atoms with Crippen molar-refractivity contribution < 1.29 is 8.42 Å². The number of rotatable bonds is 6. The van der Waals surface area contributed by atoms with Gasteiger partial charge >= 0.3 is 0 Å². The van der Waals surface area contributed by atoms with Gasteiger partial charge in [0.05, 0.1) is 5.75 Å². The zero-order valence-corrected chi connectivity index (χ0v) is 15.5. The van der Waals surface area contributed by atoms with Crippen molar-refractivity contribution >= 4 is 51.5 Å². The van der Waals surface area contributed by atoms with Crippen LogP contribution in [-0.2, 0) is 9.84 Å². The van der Waals surface area contributed by atoms with E-state index in [9.17, 15) is 8.42 Å². The van der Waals surface area contributed by atoms with Gasteiger partial charge in [-0.1, -0.05) is 6.92 Å². The summed E-state index contributed by atoms with van der Waals surface area (Å²) in [7, 11) is -1.20. The van der Waals surface area contributed by atoms with Crippen molar-refractivity contribution in [3.05, 3.63) is 0 Å². The molecule has 0 radical (unpaired) electrons. The highest BCUT2D eigenvalue weighted by molar-refractivity contribution is 14.0. The van der Waals surface area contributed by atoms with E-state index in [0.29, 0.717) is 17.8 Å². The lowest BCUT2D eigenvalue weighted by molar-refractivity contribution is 0.595. The molecule has 0 aliphatic carbocycles. The molecule has 1 unspecified atom stereocenters. The van der Waals surface area contributed by atoms with E-state index >= 15 is 0 Å². The van der Waals surface area contributed by atoms with Gasteiger partial charge in [-0.15, -0.1) is 24.0 Å². The summed E-state index contributed by atoms with van der Waals surface area (Å²) in [6.07, 6.45) is 2.54. The van der Waals surface area contributed by atoms with E-state index < -0.39 is 9.84 Å². The number of nitrogens with zero attached hydrogens (tertiary/aromatic N) is 1. The fourth-order valence-electron chi connectivity index (χ4n) is 1.71. The molecule has 0 aromatic heterocycles. The number of nitrogens with one attached hydrogen (secondary N) is 2. The Kier molecular flexibility index (Phi) is 10.2. The molecule has 2 N–H and O–H groups in total. The van der Waals surface area contributed by atoms with Crippen LogP contribution in [-0.4, -0.2) is 57.0 Å². The molecule has 1 rings (SSSR count). The van der Waals surface area contributed by atoms with Crippen LogP contribution in [0.4, 0.5) is 0 Å². The first kappa shape index (κ1) is 19.3. The highest BCUT2D eigenvalue weighted by atomic mass is 127. The van der Waals surface area contributed by atoms with Gasteiger partial charge in [0.25, 0.3) is 0 Å². The Labute approximate surface area is 137 Å². The highest BCUT2D eigenvalue weighted by Gasteiger charge is 2.15. The van der Waals surface area contributed by atoms with Crippen molar-refractivity contribution in [1.82, 2.24) is 10.6 Å². The monoisotopic (exact) mass is 421 g/mol. The summed E-state index contributed by atoms with van der Waals surface area (Å²) < 4.78 is 22.7. The van der Waals surface area contributed by atoms with Crippen molar-refractivity contribution in [2.45, 2.75) is 25.0 Å². The average molecular weight is 421 g/mol. The Balaban J connectivity index is 0.00000324. The quantitative estimate of drug-likeness (QED) is 0.382. The standard InChI is InChI=1S/C11H23N3O2S2.HI/c1-3-18(15,16)8-6-13-11(12-2)14-9-10-5-4-7-17-10;/h10H,3-9H2,1-2H3,(H2,12,13,14);1H. The fraction of sp³-hybridized carbons (Fsp3) is 0.909. The molecule has 1 aliphatic rings. The smallest absolute Gasteiger partial charge is 0.191 e. The first-order chi connectivity index (χ1) is 8.57. The molecule has 8 heteroatoms. The van der Waals surface area contributed by atoms with Gasteiger partial charge in [0.15, 0.2) is 15.8 Å². The molecule has 1 aliphatic heterocycles. The Morgan fingerprint density at radius 1 is 1.42 bits per heavy atom. The third-order valence-corrected chi connectivity index (χ3v) is 5.99. The SMILES string of the molecule is CCS(=O)(=O)CCNC(=NC)NCC1CCCS1.I. The predicted octanol–water partition coefficient (Wildman–Crippen LogP) is 1.10. The first-order valence-corrected chi connectivity index (χ1v) is 9.21. The van der Waals surface area contributed by atoms with Crippen LogP contribution in [0.1, 0.15) is 19.8 Å². The molecule has 1 atom stereocenters. The van der Waals surface area contributed by atoms with E-state index in [2.05, 4.69) is 15.6 Å². The second-order valence-corrected chi connectivity index (χ2v) is 8.13. The van der Waals surface area contributed by atoms with Gasteiger partial charge in [0.2, 0.25) is 0 Å². The van der Waals surface area contributed by atoms with Crippen LogP contribution in [0.3, 0.4) is 0 Å². The van der Waals surface area contributed by atoms with Crippen LogP contribution in [0.5, 0.6) is 0 Å². The van der Waals surface area contributed by atoms with Crippen molar-refractivity contribution in [2.24, 2.45) is 4.99 Å². The maximum atomic E-state index is 11.3. The molecule has 0 aromatic rings. The van der Waals surface area contributed by atoms with Crippen LogP contribution >= 0.6 is 35.7 Å². The van der Waals surface area contributed by atoms with Crippen molar-refractivity contribution in [1.29, 1.82) is 0 Å². The normalized spacial score (nSPS) is 19.9. The molecule has 114 valence electrons. The minimum atomic E-state index is -2.90. The summed E-state index contributed by atoms with van der Waals surface area (Å²) in [6, 6.07) is 0. The van der Waals surface area contributed by atoms with Gasteiger partial charge in [0.1, 0.15) is 0 Å². The number of halogens is 1. The van der Waals surface area contributed by atoms with Crippen molar-refractivity contribution in [3.63, 3.8) is 0 Å². The van der Waals surface area contributed by atoms with Crippen LogP contribution < -0.4 is 10.6 Å². The molecule has 19 heavy (non-hydrogen) atoms. The number of guanidine groups is 1. The summed E-state index contributed by atoms with van der Waals surface area (Å²) in [5.74, 6) is 2.28. The molecule has 0 bridgehead atoms. The number of hydrogen-bond donors (Lipinski definition) is 2. The molecule has 5 nitrogen and oxygen atoms in total. The molecule has 0 aromatic carbocycles. The Hall–Kier alpha value is 0.300. The van der Waals surface area contributed by atoms with Crippen LogP contribution in [0.25, 0.3) is 0 Å². The van der Waals surface area contributed by atoms with Crippen molar-refractivity contribution in [2.75, 3.05) is 37.4 Å².